The van der Waals surface area contributed by atoms with E-state index in [1.807, 2.05) is 0 Å². The first-order valence-electron chi connectivity index (χ1n) is 11.5. The van der Waals surface area contributed by atoms with Gasteiger partial charge in [-0.25, -0.2) is 15.6 Å². The van der Waals surface area contributed by atoms with Gasteiger partial charge in [-0.3, -0.25) is 14.4 Å². The van der Waals surface area contributed by atoms with Crippen molar-refractivity contribution in [1.82, 2.24) is 20.7 Å². The maximum absolute atomic E-state index is 13.1. The lowest BCUT2D eigenvalue weighted by atomic mass is 9.93. The molecule has 1 atom stereocenters. The molecule has 4 N–H and O–H groups in total. The summed E-state index contributed by atoms with van der Waals surface area (Å²) in [5.41, 5.74) is -2.36. The van der Waals surface area contributed by atoms with Crippen molar-refractivity contribution in [1.29, 1.82) is 0 Å². The summed E-state index contributed by atoms with van der Waals surface area (Å²) >= 11 is 0. The quantitative estimate of drug-likeness (QED) is 0.276. The zero-order chi connectivity index (χ0) is 28.1. The van der Waals surface area contributed by atoms with Crippen LogP contribution in [0, 0.1) is 5.92 Å². The Bertz CT molecular complexity index is 1160. The molecule has 0 bridgehead atoms. The highest BCUT2D eigenvalue weighted by Gasteiger charge is 2.38. The van der Waals surface area contributed by atoms with Crippen LogP contribution in [0.2, 0.25) is 0 Å². The average Bonchev–Trinajstić information content (AvgIpc) is 2.82. The molecule has 1 aliphatic heterocycles. The minimum atomic E-state index is -4.90. The van der Waals surface area contributed by atoms with Crippen molar-refractivity contribution in [2.75, 3.05) is 29.9 Å². The van der Waals surface area contributed by atoms with Gasteiger partial charge in [0.2, 0.25) is 5.91 Å². The molecule has 2 aromatic heterocycles. The van der Waals surface area contributed by atoms with E-state index in [0.717, 1.165) is 6.20 Å². The Morgan fingerprint density at radius 1 is 1.21 bits per heavy atom. The van der Waals surface area contributed by atoms with E-state index in [-0.39, 0.29) is 24.5 Å². The molecule has 0 spiro atoms. The van der Waals surface area contributed by atoms with Crippen LogP contribution in [0.1, 0.15) is 42.9 Å². The zero-order valence-corrected chi connectivity index (χ0v) is 20.1. The summed E-state index contributed by atoms with van der Waals surface area (Å²) < 4.78 is 78.4. The first-order chi connectivity index (χ1) is 17.8. The number of piperidine rings is 1. The Balaban J connectivity index is 1.43. The van der Waals surface area contributed by atoms with Crippen LogP contribution in [0.3, 0.4) is 0 Å². The molecule has 3 rings (SSSR count). The highest BCUT2D eigenvalue weighted by molar-refractivity contribution is 5.75. The summed E-state index contributed by atoms with van der Waals surface area (Å²) in [4.78, 5) is 34.5. The number of carbonyl (C=O) groups is 1. The molecule has 16 heteroatoms. The summed E-state index contributed by atoms with van der Waals surface area (Å²) in [7, 11) is 0. The molecular weight excluding hydrogens is 526 g/mol. The average molecular weight is 552 g/mol. The van der Waals surface area contributed by atoms with Crippen molar-refractivity contribution in [3.63, 3.8) is 0 Å². The van der Waals surface area contributed by atoms with Gasteiger partial charge in [-0.05, 0) is 37.3 Å². The molecule has 1 saturated heterocycles. The van der Waals surface area contributed by atoms with Gasteiger partial charge in [-0.15, -0.1) is 0 Å². The third-order valence-electron chi connectivity index (χ3n) is 5.92. The predicted molar refractivity (Wildman–Crippen MR) is 122 cm³/mol. The number of carbonyl (C=O) groups excluding carboxylic acids is 1. The number of hydrogen-bond donors (Lipinski definition) is 4. The summed E-state index contributed by atoms with van der Waals surface area (Å²) in [6.45, 7) is 1.38. The Hall–Kier alpha value is -3.40. The molecule has 2 aromatic rings. The van der Waals surface area contributed by atoms with E-state index >= 15 is 0 Å². The van der Waals surface area contributed by atoms with Gasteiger partial charge >= 0.3 is 12.4 Å². The number of anilines is 2. The van der Waals surface area contributed by atoms with Crippen LogP contribution in [0.25, 0.3) is 0 Å². The second-order valence-electron chi connectivity index (χ2n) is 8.86. The highest BCUT2D eigenvalue weighted by Crippen LogP contribution is 2.34. The summed E-state index contributed by atoms with van der Waals surface area (Å²) in [5.74, 6) is -0.174. The lowest BCUT2D eigenvalue weighted by Crippen LogP contribution is -2.37. The molecule has 10 nitrogen and oxygen atoms in total. The second-order valence-corrected chi connectivity index (χ2v) is 8.86. The Kier molecular flexibility index (Phi) is 9.19. The fraction of sp³-hybridized carbons (Fsp3) is 0.545. The van der Waals surface area contributed by atoms with E-state index in [2.05, 4.69) is 20.9 Å². The van der Waals surface area contributed by atoms with Gasteiger partial charge in [0.15, 0.2) is 0 Å². The van der Waals surface area contributed by atoms with Gasteiger partial charge in [0.25, 0.3) is 5.56 Å². The van der Waals surface area contributed by atoms with E-state index < -0.39 is 53.3 Å². The number of nitrogens with one attached hydrogen (secondary N) is 3. The van der Waals surface area contributed by atoms with Gasteiger partial charge in [0.05, 0.1) is 30.7 Å². The number of hydrogen-bond acceptors (Lipinski definition) is 8. The monoisotopic (exact) mass is 552 g/mol. The molecule has 210 valence electrons. The van der Waals surface area contributed by atoms with Crippen molar-refractivity contribution in [3.05, 3.63) is 45.5 Å². The smallest absolute Gasteiger partial charge is 0.392 e. The van der Waals surface area contributed by atoms with Crippen molar-refractivity contribution >= 4 is 17.4 Å². The molecule has 0 aliphatic carbocycles. The molecular formula is C22H26F6N6O4. The number of nitrogens with zero attached hydrogens (tertiary/aromatic N) is 3. The number of aliphatic hydroxyl groups excluding tert-OH is 1. The maximum atomic E-state index is 13.1. The molecule has 0 unspecified atom stereocenters. The first kappa shape index (κ1) is 29.2. The van der Waals surface area contributed by atoms with Crippen molar-refractivity contribution in [2.24, 2.45) is 5.92 Å². The van der Waals surface area contributed by atoms with E-state index in [1.54, 1.807) is 10.00 Å². The van der Waals surface area contributed by atoms with E-state index in [9.17, 15) is 41.0 Å². The minimum absolute atomic E-state index is 0.0337. The van der Waals surface area contributed by atoms with Crippen molar-refractivity contribution in [3.8, 4) is 0 Å². The van der Waals surface area contributed by atoms with Crippen LogP contribution in [0.15, 0.2) is 23.3 Å². The normalized spacial score (nSPS) is 15.8. The summed E-state index contributed by atoms with van der Waals surface area (Å²) in [6, 6.07) is 0.487. The van der Waals surface area contributed by atoms with Crippen LogP contribution >= 0.6 is 0 Å². The lowest BCUT2D eigenvalue weighted by Gasteiger charge is -2.33. The molecule has 0 radical (unpaired) electrons. The van der Waals surface area contributed by atoms with Gasteiger partial charge in [0.1, 0.15) is 11.4 Å². The maximum Gasteiger partial charge on any atom is 0.423 e. The highest BCUT2D eigenvalue weighted by atomic mass is 19.4. The predicted octanol–water partition coefficient (Wildman–Crippen LogP) is 2.85. The largest absolute Gasteiger partial charge is 0.423 e. The van der Waals surface area contributed by atoms with Crippen LogP contribution in [-0.4, -0.2) is 51.9 Å². The molecule has 1 amide bonds. The molecule has 0 aromatic carbocycles. The number of pyridine rings is 1. The van der Waals surface area contributed by atoms with Gasteiger partial charge in [-0.1, -0.05) is 0 Å². The van der Waals surface area contributed by atoms with Crippen molar-refractivity contribution in [2.45, 2.75) is 51.2 Å². The Labute approximate surface area is 212 Å². The van der Waals surface area contributed by atoms with Gasteiger partial charge in [0, 0.05) is 31.7 Å². The number of hydroxylamine groups is 1. The number of aromatic nitrogens is 3. The number of aliphatic hydroxyl groups is 1. The number of H-pyrrole nitrogens is 1. The molecule has 38 heavy (non-hydrogen) atoms. The Morgan fingerprint density at radius 3 is 2.50 bits per heavy atom. The number of alkyl halides is 6. The lowest BCUT2D eigenvalue weighted by molar-refractivity contribution is -0.139. The fourth-order valence-corrected chi connectivity index (χ4v) is 4.06. The SMILES string of the molecule is C[C@@H](CONC(=O)CC1CCN(c2cc(CO)c(C(F)(F)F)cn2)CC1)Nc1cn[nH]c(=O)c1C(F)(F)F. The first-order valence-corrected chi connectivity index (χ1v) is 11.5. The third kappa shape index (κ3) is 7.56. The second kappa shape index (κ2) is 12.0. The third-order valence-corrected chi connectivity index (χ3v) is 5.92. The minimum Gasteiger partial charge on any atom is -0.392 e. The van der Waals surface area contributed by atoms with E-state index in [4.69, 9.17) is 4.84 Å². The molecule has 0 saturated carbocycles. The van der Waals surface area contributed by atoms with Crippen LogP contribution in [-0.2, 0) is 28.6 Å². The van der Waals surface area contributed by atoms with Crippen LogP contribution < -0.4 is 21.3 Å². The number of aromatic amines is 1. The summed E-state index contributed by atoms with van der Waals surface area (Å²) in [5, 5.41) is 16.9. The fourth-order valence-electron chi connectivity index (χ4n) is 4.06. The molecule has 1 fully saturated rings. The molecule has 3 heterocycles. The number of amides is 1. The topological polar surface area (TPSA) is 132 Å². The molecule has 1 aliphatic rings. The summed E-state index contributed by atoms with van der Waals surface area (Å²) in [6.07, 6.45) is -6.78. The zero-order valence-electron chi connectivity index (χ0n) is 20.1. The number of halogens is 6. The van der Waals surface area contributed by atoms with Crippen LogP contribution in [0.5, 0.6) is 0 Å². The van der Waals surface area contributed by atoms with E-state index in [0.29, 0.717) is 37.9 Å². The standard InChI is InChI=1S/C22H26F6N6O4/c1-12(31-16-9-30-32-20(37)19(16)22(26,27)28)11-38-33-18(36)6-13-2-4-34(5-3-13)17-7-14(10-35)15(8-29-17)21(23,24)25/h7-9,12-13,35H,2-6,10-11H2,1H3,(H,33,36)(H2,31,32,37)/t12-/m0/s1. The number of rotatable bonds is 9. The van der Waals surface area contributed by atoms with Crippen molar-refractivity contribution < 1.29 is 41.1 Å². The van der Waals surface area contributed by atoms with Gasteiger partial charge in [-0.2, -0.15) is 31.4 Å². The van der Waals surface area contributed by atoms with E-state index in [1.165, 1.54) is 13.0 Å². The Morgan fingerprint density at radius 2 is 1.89 bits per heavy atom. The van der Waals surface area contributed by atoms with Gasteiger partial charge < -0.3 is 15.3 Å². The van der Waals surface area contributed by atoms with Crippen LogP contribution in [0.4, 0.5) is 37.8 Å².